The van der Waals surface area contributed by atoms with E-state index in [-0.39, 0.29) is 11.1 Å². The van der Waals surface area contributed by atoms with Gasteiger partial charge in [-0.1, -0.05) is 0 Å². The second-order valence-corrected chi connectivity index (χ2v) is 8.51. The largest absolute Gasteiger partial charge is 0.481 e. The van der Waals surface area contributed by atoms with Crippen LogP contribution in [0.15, 0.2) is 58.5 Å². The van der Waals surface area contributed by atoms with Gasteiger partial charge < -0.3 is 19.4 Å². The molecule has 0 aromatic carbocycles. The van der Waals surface area contributed by atoms with E-state index in [9.17, 15) is 9.59 Å². The number of nitrogens with zero attached hydrogens (tertiary/aromatic N) is 6. The summed E-state index contributed by atoms with van der Waals surface area (Å²) >= 11 is 0. The topological polar surface area (TPSA) is 107 Å². The number of likely N-dealkylation sites (tertiary alicyclic amines) is 1. The second kappa shape index (κ2) is 9.70. The summed E-state index contributed by atoms with van der Waals surface area (Å²) in [6.07, 6.45) is 7.07. The Bertz CT molecular complexity index is 1420. The number of fused-ring (bicyclic) bond motifs is 2. The predicted molar refractivity (Wildman–Crippen MR) is 128 cm³/mol. The molecule has 1 aliphatic rings. The first-order chi connectivity index (χ1) is 16.6. The summed E-state index contributed by atoms with van der Waals surface area (Å²) in [6, 6.07) is 9.44. The predicted octanol–water partition coefficient (Wildman–Crippen LogP) is 1.06. The van der Waals surface area contributed by atoms with Crippen molar-refractivity contribution in [2.24, 2.45) is 0 Å². The van der Waals surface area contributed by atoms with Crippen LogP contribution >= 0.6 is 0 Å². The molecule has 0 saturated carbocycles. The van der Waals surface area contributed by atoms with Gasteiger partial charge in [-0.25, -0.2) is 4.98 Å². The van der Waals surface area contributed by atoms with Gasteiger partial charge in [-0.15, -0.1) is 0 Å². The van der Waals surface area contributed by atoms with E-state index in [1.54, 1.807) is 23.9 Å². The van der Waals surface area contributed by atoms with E-state index in [4.69, 9.17) is 4.74 Å². The molecule has 1 saturated heterocycles. The third-order valence-electron chi connectivity index (χ3n) is 6.33. The molecule has 0 spiro atoms. The molecule has 1 fully saturated rings. The fourth-order valence-corrected chi connectivity index (χ4v) is 4.38. The van der Waals surface area contributed by atoms with Gasteiger partial charge in [-0.3, -0.25) is 14.2 Å². The van der Waals surface area contributed by atoms with E-state index in [1.807, 2.05) is 28.8 Å². The quantitative estimate of drug-likeness (QED) is 0.436. The lowest BCUT2D eigenvalue weighted by atomic mass is 10.0. The average molecular weight is 462 g/mol. The van der Waals surface area contributed by atoms with E-state index in [0.717, 1.165) is 44.6 Å². The zero-order valence-corrected chi connectivity index (χ0v) is 19.1. The highest BCUT2D eigenvalue weighted by Gasteiger charge is 2.19. The number of hydrogen-bond acceptors (Lipinski definition) is 8. The molecule has 0 atom stereocenters. The van der Waals surface area contributed by atoms with Gasteiger partial charge in [0.2, 0.25) is 5.88 Å². The molecule has 0 unspecified atom stereocenters. The van der Waals surface area contributed by atoms with Crippen molar-refractivity contribution in [2.45, 2.75) is 32.0 Å². The monoisotopic (exact) mass is 461 g/mol. The van der Waals surface area contributed by atoms with Crippen LogP contribution in [0, 0.1) is 0 Å². The number of rotatable bonds is 7. The SMILES string of the molecule is COc1ccc2ncc(=O)n(CCN3CCC(NCc4ccn5ccc(=O)nc5c4)CC3)c2n1. The molecule has 176 valence electrons. The number of methoxy groups -OCH3 is 1. The van der Waals surface area contributed by atoms with Crippen LogP contribution in [0.2, 0.25) is 0 Å². The molecule has 1 aliphatic heterocycles. The number of hydrogen-bond donors (Lipinski definition) is 1. The molecule has 10 nitrogen and oxygen atoms in total. The molecule has 0 aliphatic carbocycles. The van der Waals surface area contributed by atoms with Crippen LogP contribution in [0.4, 0.5) is 0 Å². The highest BCUT2D eigenvalue weighted by atomic mass is 16.5. The maximum atomic E-state index is 12.4. The van der Waals surface area contributed by atoms with E-state index in [1.165, 1.54) is 12.3 Å². The van der Waals surface area contributed by atoms with Gasteiger partial charge in [-0.05, 0) is 49.7 Å². The normalized spacial score (nSPS) is 15.2. The summed E-state index contributed by atoms with van der Waals surface area (Å²) in [5.41, 5.74) is 2.61. The molecule has 0 amide bonds. The summed E-state index contributed by atoms with van der Waals surface area (Å²) in [7, 11) is 1.56. The Labute approximate surface area is 195 Å². The Morgan fingerprint density at radius 2 is 1.88 bits per heavy atom. The number of nitrogens with one attached hydrogen (secondary N) is 1. The van der Waals surface area contributed by atoms with Gasteiger partial charge >= 0.3 is 0 Å². The van der Waals surface area contributed by atoms with Crippen molar-refractivity contribution in [3.63, 3.8) is 0 Å². The first kappa shape index (κ1) is 22.2. The summed E-state index contributed by atoms with van der Waals surface area (Å²) < 4.78 is 8.73. The van der Waals surface area contributed by atoms with Gasteiger partial charge in [0, 0.05) is 50.2 Å². The highest BCUT2D eigenvalue weighted by molar-refractivity contribution is 5.70. The summed E-state index contributed by atoms with van der Waals surface area (Å²) in [5, 5.41) is 3.63. The van der Waals surface area contributed by atoms with Crippen LogP contribution in [0.3, 0.4) is 0 Å². The van der Waals surface area contributed by atoms with Crippen LogP contribution in [-0.4, -0.2) is 61.6 Å². The molecular weight excluding hydrogens is 434 g/mol. The summed E-state index contributed by atoms with van der Waals surface area (Å²) in [4.78, 5) is 39.0. The lowest BCUT2D eigenvalue weighted by molar-refractivity contribution is 0.191. The van der Waals surface area contributed by atoms with Gasteiger partial charge in [0.25, 0.3) is 11.1 Å². The molecule has 1 N–H and O–H groups in total. The molecule has 4 aromatic heterocycles. The van der Waals surface area contributed by atoms with Crippen LogP contribution in [0.25, 0.3) is 16.8 Å². The van der Waals surface area contributed by atoms with Crippen molar-refractivity contribution < 1.29 is 4.74 Å². The number of aromatic nitrogens is 5. The lowest BCUT2D eigenvalue weighted by Gasteiger charge is -2.32. The van der Waals surface area contributed by atoms with Gasteiger partial charge in [0.1, 0.15) is 11.2 Å². The molecule has 0 radical (unpaired) electrons. The Morgan fingerprint density at radius 3 is 2.71 bits per heavy atom. The van der Waals surface area contributed by atoms with Crippen LogP contribution < -0.4 is 21.2 Å². The minimum absolute atomic E-state index is 0.156. The Kier molecular flexibility index (Phi) is 6.33. The summed E-state index contributed by atoms with van der Waals surface area (Å²) in [6.45, 7) is 3.98. The zero-order valence-electron chi connectivity index (χ0n) is 19.1. The molecule has 5 rings (SSSR count). The molecule has 34 heavy (non-hydrogen) atoms. The minimum atomic E-state index is -0.227. The van der Waals surface area contributed by atoms with Gasteiger partial charge in [0.05, 0.1) is 13.3 Å². The fourth-order valence-electron chi connectivity index (χ4n) is 4.38. The van der Waals surface area contributed by atoms with Crippen molar-refractivity contribution >= 4 is 16.8 Å². The minimum Gasteiger partial charge on any atom is -0.481 e. The van der Waals surface area contributed by atoms with Crippen LogP contribution in [0.1, 0.15) is 18.4 Å². The highest BCUT2D eigenvalue weighted by Crippen LogP contribution is 2.15. The number of pyridine rings is 2. The first-order valence-corrected chi connectivity index (χ1v) is 11.4. The van der Waals surface area contributed by atoms with Gasteiger partial charge in [0.15, 0.2) is 5.65 Å². The maximum absolute atomic E-state index is 12.4. The zero-order chi connectivity index (χ0) is 23.5. The van der Waals surface area contributed by atoms with Crippen molar-refractivity contribution in [2.75, 3.05) is 26.7 Å². The second-order valence-electron chi connectivity index (χ2n) is 8.51. The molecule has 0 bridgehead atoms. The Morgan fingerprint density at radius 1 is 1.06 bits per heavy atom. The lowest BCUT2D eigenvalue weighted by Crippen LogP contribution is -2.43. The smallest absolute Gasteiger partial charge is 0.273 e. The van der Waals surface area contributed by atoms with Crippen LogP contribution in [0.5, 0.6) is 5.88 Å². The molecule has 4 aromatic rings. The number of piperidine rings is 1. The maximum Gasteiger partial charge on any atom is 0.273 e. The standard InChI is InChI=1S/C24H27N7O3/c1-34-22-3-2-19-24(28-22)31(23(33)16-26-19)13-12-29-8-5-18(6-9-29)25-15-17-4-10-30-11-7-21(32)27-20(30)14-17/h2-4,7,10-11,14,16,18,25H,5-6,8-9,12-13,15H2,1H3. The Hall–Kier alpha value is -3.63. The number of ether oxygens (including phenoxy) is 1. The van der Waals surface area contributed by atoms with E-state index < -0.39 is 0 Å². The Balaban J connectivity index is 1.15. The van der Waals surface area contributed by atoms with Crippen molar-refractivity contribution in [1.29, 1.82) is 0 Å². The van der Waals surface area contributed by atoms with E-state index >= 15 is 0 Å². The van der Waals surface area contributed by atoms with Gasteiger partial charge in [-0.2, -0.15) is 9.97 Å². The molecule has 10 heteroatoms. The summed E-state index contributed by atoms with van der Waals surface area (Å²) in [5.74, 6) is 0.467. The molecular formula is C24H27N7O3. The first-order valence-electron chi connectivity index (χ1n) is 11.4. The fraction of sp³-hybridized carbons (Fsp3) is 0.375. The molecule has 5 heterocycles. The van der Waals surface area contributed by atoms with Crippen molar-refractivity contribution in [3.8, 4) is 5.88 Å². The van der Waals surface area contributed by atoms with Crippen LogP contribution in [-0.2, 0) is 13.1 Å². The third kappa shape index (κ3) is 4.82. The van der Waals surface area contributed by atoms with Crippen molar-refractivity contribution in [1.82, 2.24) is 34.1 Å². The average Bonchev–Trinajstić information content (AvgIpc) is 2.87. The van der Waals surface area contributed by atoms with E-state index in [0.29, 0.717) is 35.3 Å². The van der Waals surface area contributed by atoms with Crippen molar-refractivity contribution in [3.05, 3.63) is 75.2 Å². The third-order valence-corrected chi connectivity index (χ3v) is 6.33. The van der Waals surface area contributed by atoms with E-state index in [2.05, 4.69) is 25.2 Å².